The lowest BCUT2D eigenvalue weighted by atomic mass is 9.93. The molecule has 2 heterocycles. The van der Waals surface area contributed by atoms with Crippen LogP contribution >= 0.6 is 11.3 Å². The van der Waals surface area contributed by atoms with Crippen LogP contribution in [0, 0.1) is 0 Å². The Morgan fingerprint density at radius 2 is 2.00 bits per heavy atom. The van der Waals surface area contributed by atoms with Gasteiger partial charge in [-0.3, -0.25) is 4.79 Å². The first-order chi connectivity index (χ1) is 10.9. The lowest BCUT2D eigenvalue weighted by Gasteiger charge is -2.18. The molecule has 122 valence electrons. The maximum absolute atomic E-state index is 12.2. The zero-order valence-corrected chi connectivity index (χ0v) is 14.3. The second-order valence-electron chi connectivity index (χ2n) is 6.49. The number of nitrogens with one attached hydrogen (secondary N) is 1. The van der Waals surface area contributed by atoms with Gasteiger partial charge in [-0.15, -0.1) is 11.3 Å². The van der Waals surface area contributed by atoms with Gasteiger partial charge in [-0.2, -0.15) is 0 Å². The van der Waals surface area contributed by atoms with Crippen LogP contribution in [-0.2, 0) is 16.6 Å². The van der Waals surface area contributed by atoms with Crippen molar-refractivity contribution in [3.05, 3.63) is 34.8 Å². The van der Waals surface area contributed by atoms with Crippen molar-refractivity contribution in [3.8, 4) is 11.5 Å². The van der Waals surface area contributed by atoms with Crippen molar-refractivity contribution in [2.45, 2.75) is 32.6 Å². The summed E-state index contributed by atoms with van der Waals surface area (Å²) in [4.78, 5) is 16.7. The average molecular weight is 332 g/mol. The lowest BCUT2D eigenvalue weighted by Crippen LogP contribution is -2.17. The summed E-state index contributed by atoms with van der Waals surface area (Å²) >= 11 is 1.45. The zero-order chi connectivity index (χ0) is 16.4. The van der Waals surface area contributed by atoms with E-state index in [0.717, 1.165) is 17.0 Å². The number of benzene rings is 1. The molecule has 1 aromatic carbocycles. The Kier molecular flexibility index (Phi) is 4.26. The van der Waals surface area contributed by atoms with Gasteiger partial charge in [-0.1, -0.05) is 26.8 Å². The summed E-state index contributed by atoms with van der Waals surface area (Å²) in [5.41, 5.74) is 1.85. The maximum atomic E-state index is 12.2. The first-order valence-corrected chi connectivity index (χ1v) is 8.44. The molecule has 0 fully saturated rings. The number of rotatable bonds is 3. The Labute approximate surface area is 139 Å². The minimum absolute atomic E-state index is 0.0185. The molecule has 3 rings (SSSR count). The van der Waals surface area contributed by atoms with E-state index in [9.17, 15) is 4.79 Å². The van der Waals surface area contributed by atoms with Crippen molar-refractivity contribution in [1.29, 1.82) is 0 Å². The molecule has 1 aliphatic rings. The summed E-state index contributed by atoms with van der Waals surface area (Å²) in [6.07, 6.45) is 0.279. The molecule has 0 bridgehead atoms. The van der Waals surface area contributed by atoms with Crippen LogP contribution in [0.4, 0.5) is 5.13 Å². The zero-order valence-electron chi connectivity index (χ0n) is 13.5. The van der Waals surface area contributed by atoms with Crippen molar-refractivity contribution < 1.29 is 14.3 Å². The average Bonchev–Trinajstić information content (AvgIpc) is 2.95. The summed E-state index contributed by atoms with van der Waals surface area (Å²) in [6, 6.07) is 5.59. The Bertz CT molecular complexity index is 719. The Morgan fingerprint density at radius 3 is 2.70 bits per heavy atom. The van der Waals surface area contributed by atoms with Gasteiger partial charge in [0, 0.05) is 10.8 Å². The minimum Gasteiger partial charge on any atom is -0.486 e. The minimum atomic E-state index is -0.0866. The number of nitrogens with zero attached hydrogens (tertiary/aromatic N) is 1. The van der Waals surface area contributed by atoms with E-state index in [1.54, 1.807) is 0 Å². The van der Waals surface area contributed by atoms with E-state index in [1.807, 2.05) is 23.6 Å². The van der Waals surface area contributed by atoms with Crippen molar-refractivity contribution >= 4 is 22.4 Å². The number of ether oxygens (including phenoxy) is 2. The smallest absolute Gasteiger partial charge is 0.230 e. The summed E-state index contributed by atoms with van der Waals surface area (Å²) in [7, 11) is 0. The van der Waals surface area contributed by atoms with E-state index in [1.165, 1.54) is 11.3 Å². The third kappa shape index (κ3) is 3.82. The van der Waals surface area contributed by atoms with Crippen LogP contribution in [0.5, 0.6) is 11.5 Å². The molecular formula is C17H20N2O3S. The molecule has 2 aromatic rings. The largest absolute Gasteiger partial charge is 0.486 e. The van der Waals surface area contributed by atoms with Crippen LogP contribution in [0.2, 0.25) is 0 Å². The monoisotopic (exact) mass is 332 g/mol. The molecule has 0 unspecified atom stereocenters. The standard InChI is InChI=1S/C17H20N2O3S/c1-17(2,3)14-10-23-16(18-14)19-15(20)9-11-4-5-12-13(8-11)22-7-6-21-12/h4-5,8,10H,6-7,9H2,1-3H3,(H,18,19,20). The number of fused-ring (bicyclic) bond motifs is 1. The molecule has 1 amide bonds. The van der Waals surface area contributed by atoms with Crippen molar-refractivity contribution in [2.75, 3.05) is 18.5 Å². The Morgan fingerprint density at radius 1 is 1.26 bits per heavy atom. The number of thiazole rings is 1. The van der Waals surface area contributed by atoms with E-state index in [4.69, 9.17) is 9.47 Å². The fourth-order valence-corrected chi connectivity index (χ4v) is 3.18. The van der Waals surface area contributed by atoms with Crippen LogP contribution in [0.3, 0.4) is 0 Å². The molecule has 23 heavy (non-hydrogen) atoms. The molecule has 0 saturated carbocycles. The van der Waals surface area contributed by atoms with Gasteiger partial charge < -0.3 is 14.8 Å². The van der Waals surface area contributed by atoms with Gasteiger partial charge in [-0.05, 0) is 17.7 Å². The molecule has 0 aliphatic carbocycles. The van der Waals surface area contributed by atoms with Crippen molar-refractivity contribution in [1.82, 2.24) is 4.98 Å². The number of aromatic nitrogens is 1. The van der Waals surface area contributed by atoms with Crippen LogP contribution in [0.1, 0.15) is 32.0 Å². The van der Waals surface area contributed by atoms with E-state index in [-0.39, 0.29) is 17.7 Å². The lowest BCUT2D eigenvalue weighted by molar-refractivity contribution is -0.115. The molecule has 6 heteroatoms. The van der Waals surface area contributed by atoms with Crippen LogP contribution in [0.25, 0.3) is 0 Å². The molecule has 5 nitrogen and oxygen atoms in total. The van der Waals surface area contributed by atoms with Crippen LogP contribution in [0.15, 0.2) is 23.6 Å². The van der Waals surface area contributed by atoms with Gasteiger partial charge in [0.25, 0.3) is 0 Å². The molecule has 0 saturated heterocycles. The molecule has 1 aromatic heterocycles. The number of carbonyl (C=O) groups excluding carboxylic acids is 1. The summed E-state index contributed by atoms with van der Waals surface area (Å²) in [5.74, 6) is 1.34. The topological polar surface area (TPSA) is 60.5 Å². The maximum Gasteiger partial charge on any atom is 0.230 e. The van der Waals surface area contributed by atoms with Crippen molar-refractivity contribution in [3.63, 3.8) is 0 Å². The van der Waals surface area contributed by atoms with E-state index in [0.29, 0.717) is 24.1 Å². The molecule has 1 N–H and O–H groups in total. The number of amides is 1. The molecule has 0 radical (unpaired) electrons. The van der Waals surface area contributed by atoms with E-state index in [2.05, 4.69) is 31.1 Å². The molecule has 0 atom stereocenters. The Hall–Kier alpha value is -2.08. The van der Waals surface area contributed by atoms with Gasteiger partial charge in [0.05, 0.1) is 12.1 Å². The highest BCUT2D eigenvalue weighted by Gasteiger charge is 2.18. The quantitative estimate of drug-likeness (QED) is 0.936. The fourth-order valence-electron chi connectivity index (χ4n) is 2.22. The fraction of sp³-hybridized carbons (Fsp3) is 0.412. The molecule has 1 aliphatic heterocycles. The second-order valence-corrected chi connectivity index (χ2v) is 7.35. The highest BCUT2D eigenvalue weighted by molar-refractivity contribution is 7.13. The molecule has 0 spiro atoms. The third-order valence-electron chi connectivity index (χ3n) is 3.49. The van der Waals surface area contributed by atoms with Gasteiger partial charge >= 0.3 is 0 Å². The molecular weight excluding hydrogens is 312 g/mol. The van der Waals surface area contributed by atoms with Crippen LogP contribution in [-0.4, -0.2) is 24.1 Å². The normalized spacial score (nSPS) is 13.7. The SMILES string of the molecule is CC(C)(C)c1csc(NC(=O)Cc2ccc3c(c2)OCCO3)n1. The number of hydrogen-bond donors (Lipinski definition) is 1. The number of carbonyl (C=O) groups is 1. The van der Waals surface area contributed by atoms with Gasteiger partial charge in [-0.25, -0.2) is 4.98 Å². The van der Waals surface area contributed by atoms with Gasteiger partial charge in [0.15, 0.2) is 16.6 Å². The van der Waals surface area contributed by atoms with E-state index >= 15 is 0 Å². The summed E-state index contributed by atoms with van der Waals surface area (Å²) in [5, 5.41) is 5.48. The van der Waals surface area contributed by atoms with E-state index < -0.39 is 0 Å². The first-order valence-electron chi connectivity index (χ1n) is 7.56. The predicted molar refractivity (Wildman–Crippen MR) is 90.6 cm³/mol. The third-order valence-corrected chi connectivity index (χ3v) is 4.25. The highest BCUT2D eigenvalue weighted by atomic mass is 32.1. The van der Waals surface area contributed by atoms with Crippen molar-refractivity contribution in [2.24, 2.45) is 0 Å². The highest BCUT2D eigenvalue weighted by Crippen LogP contribution is 2.31. The van der Waals surface area contributed by atoms with Gasteiger partial charge in [0.2, 0.25) is 5.91 Å². The number of hydrogen-bond acceptors (Lipinski definition) is 5. The predicted octanol–water partition coefficient (Wildman–Crippen LogP) is 3.39. The number of anilines is 1. The second kappa shape index (κ2) is 6.20. The van der Waals surface area contributed by atoms with Crippen LogP contribution < -0.4 is 14.8 Å². The first kappa shape index (κ1) is 15.8. The summed E-state index contributed by atoms with van der Waals surface area (Å²) in [6.45, 7) is 7.40. The van der Waals surface area contributed by atoms with Gasteiger partial charge in [0.1, 0.15) is 13.2 Å². The Balaban J connectivity index is 1.64. The summed E-state index contributed by atoms with van der Waals surface area (Å²) < 4.78 is 11.0.